The minimum absolute atomic E-state index is 0.0779. The quantitative estimate of drug-likeness (QED) is 0.744. The van der Waals surface area contributed by atoms with E-state index in [-0.39, 0.29) is 11.6 Å². The van der Waals surface area contributed by atoms with Gasteiger partial charge in [-0.1, -0.05) is 26.0 Å². The van der Waals surface area contributed by atoms with Crippen LogP contribution in [0.3, 0.4) is 0 Å². The molecule has 2 heterocycles. The number of rotatable bonds is 7. The van der Waals surface area contributed by atoms with Crippen LogP contribution in [0.25, 0.3) is 0 Å². The van der Waals surface area contributed by atoms with Crippen molar-refractivity contribution in [3.63, 3.8) is 0 Å². The van der Waals surface area contributed by atoms with Crippen molar-refractivity contribution in [1.29, 1.82) is 0 Å². The molecule has 1 aromatic heterocycles. The van der Waals surface area contributed by atoms with Crippen molar-refractivity contribution in [3.8, 4) is 5.75 Å². The summed E-state index contributed by atoms with van der Waals surface area (Å²) in [7, 11) is 1.73. The van der Waals surface area contributed by atoms with Crippen LogP contribution in [0.15, 0.2) is 24.3 Å². The van der Waals surface area contributed by atoms with E-state index in [0.29, 0.717) is 0 Å². The number of anilines is 1. The molecular formula is C20H32N6O. The van der Waals surface area contributed by atoms with Gasteiger partial charge in [0.15, 0.2) is 5.82 Å². The van der Waals surface area contributed by atoms with Gasteiger partial charge in [-0.25, -0.2) is 4.68 Å². The molecule has 2 aromatic rings. The minimum atomic E-state index is -0.0779. The highest BCUT2D eigenvalue weighted by Crippen LogP contribution is 2.31. The third-order valence-corrected chi connectivity index (χ3v) is 5.80. The first-order chi connectivity index (χ1) is 13.0. The second kappa shape index (κ2) is 8.25. The van der Waals surface area contributed by atoms with E-state index in [1.165, 1.54) is 5.69 Å². The number of nitrogens with zero attached hydrogens (tertiary/aromatic N) is 6. The lowest BCUT2D eigenvalue weighted by molar-refractivity contribution is 0.158. The SMILES string of the molecule is CC[C@@H](c1nnnn1C(C)(C)CC)N1CCN(c2ccccc2OC)CC1. The maximum Gasteiger partial charge on any atom is 0.168 e. The smallest absolute Gasteiger partial charge is 0.168 e. The highest BCUT2D eigenvalue weighted by Gasteiger charge is 2.32. The molecule has 0 radical (unpaired) electrons. The summed E-state index contributed by atoms with van der Waals surface area (Å²) in [4.78, 5) is 4.92. The summed E-state index contributed by atoms with van der Waals surface area (Å²) in [6.07, 6.45) is 1.98. The number of benzene rings is 1. The summed E-state index contributed by atoms with van der Waals surface area (Å²) < 4.78 is 7.55. The largest absolute Gasteiger partial charge is 0.495 e. The van der Waals surface area contributed by atoms with E-state index in [9.17, 15) is 0 Å². The van der Waals surface area contributed by atoms with Crippen molar-refractivity contribution < 1.29 is 4.74 Å². The van der Waals surface area contributed by atoms with Crippen LogP contribution in [0, 0.1) is 0 Å². The Morgan fingerprint density at radius 3 is 2.44 bits per heavy atom. The molecule has 0 aliphatic carbocycles. The van der Waals surface area contributed by atoms with Gasteiger partial charge in [0.05, 0.1) is 24.4 Å². The van der Waals surface area contributed by atoms with E-state index >= 15 is 0 Å². The lowest BCUT2D eigenvalue weighted by Crippen LogP contribution is -2.48. The van der Waals surface area contributed by atoms with Gasteiger partial charge < -0.3 is 9.64 Å². The summed E-state index contributed by atoms with van der Waals surface area (Å²) >= 11 is 0. The standard InChI is InChI=1S/C20H32N6O/c1-6-16(19-21-22-23-26(19)20(3,4)7-2)24-12-14-25(15-13-24)17-10-8-9-11-18(17)27-5/h8-11,16H,6-7,12-15H2,1-5H3/t16-/m0/s1. The molecule has 1 atom stereocenters. The number of aromatic nitrogens is 4. The number of tetrazole rings is 1. The maximum atomic E-state index is 5.53. The number of methoxy groups -OCH3 is 1. The average molecular weight is 373 g/mol. The van der Waals surface area contributed by atoms with Crippen molar-refractivity contribution in [2.45, 2.75) is 52.1 Å². The van der Waals surface area contributed by atoms with Crippen LogP contribution < -0.4 is 9.64 Å². The average Bonchev–Trinajstić information content (AvgIpc) is 3.19. The fourth-order valence-electron chi connectivity index (χ4n) is 3.75. The summed E-state index contributed by atoms with van der Waals surface area (Å²) in [6, 6.07) is 8.49. The zero-order valence-electron chi connectivity index (χ0n) is 17.2. The molecule has 1 aliphatic heterocycles. The van der Waals surface area contributed by atoms with Crippen molar-refractivity contribution >= 4 is 5.69 Å². The number of para-hydroxylation sites is 2. The minimum Gasteiger partial charge on any atom is -0.495 e. The Kier molecular flexibility index (Phi) is 5.99. The Balaban J connectivity index is 1.74. The van der Waals surface area contributed by atoms with Gasteiger partial charge in [-0.3, -0.25) is 4.90 Å². The van der Waals surface area contributed by atoms with Crippen LogP contribution in [0.2, 0.25) is 0 Å². The molecule has 148 valence electrons. The highest BCUT2D eigenvalue weighted by atomic mass is 16.5. The van der Waals surface area contributed by atoms with E-state index in [2.05, 4.69) is 65.2 Å². The first-order valence-electron chi connectivity index (χ1n) is 9.92. The molecule has 0 saturated carbocycles. The molecule has 1 aliphatic rings. The van der Waals surface area contributed by atoms with E-state index in [4.69, 9.17) is 4.74 Å². The predicted octanol–water partition coefficient (Wildman–Crippen LogP) is 3.10. The van der Waals surface area contributed by atoms with Crippen LogP contribution in [-0.2, 0) is 5.54 Å². The molecular weight excluding hydrogens is 340 g/mol. The molecule has 3 rings (SSSR count). The van der Waals surface area contributed by atoms with E-state index in [0.717, 1.165) is 50.6 Å². The van der Waals surface area contributed by atoms with Gasteiger partial charge in [0.25, 0.3) is 0 Å². The Morgan fingerprint density at radius 1 is 1.11 bits per heavy atom. The van der Waals surface area contributed by atoms with Gasteiger partial charge in [-0.15, -0.1) is 5.10 Å². The second-order valence-corrected chi connectivity index (χ2v) is 7.73. The lowest BCUT2D eigenvalue weighted by atomic mass is 10.0. The molecule has 1 aromatic carbocycles. The van der Waals surface area contributed by atoms with Crippen LogP contribution in [0.4, 0.5) is 5.69 Å². The fourth-order valence-corrected chi connectivity index (χ4v) is 3.75. The first-order valence-corrected chi connectivity index (χ1v) is 9.92. The zero-order chi connectivity index (χ0) is 19.4. The molecule has 1 saturated heterocycles. The summed E-state index contributed by atoms with van der Waals surface area (Å²) in [5, 5.41) is 12.7. The van der Waals surface area contributed by atoms with Crippen molar-refractivity contribution in [2.24, 2.45) is 0 Å². The lowest BCUT2D eigenvalue weighted by Gasteiger charge is -2.40. The summed E-state index contributed by atoms with van der Waals surface area (Å²) in [5.74, 6) is 1.92. The Morgan fingerprint density at radius 2 is 1.81 bits per heavy atom. The molecule has 7 heteroatoms. The van der Waals surface area contributed by atoms with Gasteiger partial charge in [0.2, 0.25) is 0 Å². The number of hydrogen-bond acceptors (Lipinski definition) is 6. The number of piperazine rings is 1. The van der Waals surface area contributed by atoms with Gasteiger partial charge >= 0.3 is 0 Å². The molecule has 0 spiro atoms. The monoisotopic (exact) mass is 372 g/mol. The van der Waals surface area contributed by atoms with Crippen LogP contribution in [-0.4, -0.2) is 58.4 Å². The predicted molar refractivity (Wildman–Crippen MR) is 107 cm³/mol. The molecule has 0 unspecified atom stereocenters. The molecule has 0 bridgehead atoms. The number of ether oxygens (including phenoxy) is 1. The van der Waals surface area contributed by atoms with Gasteiger partial charge in [-0.05, 0) is 49.2 Å². The Hall–Kier alpha value is -2.15. The van der Waals surface area contributed by atoms with Gasteiger partial charge in [0.1, 0.15) is 5.75 Å². The van der Waals surface area contributed by atoms with Crippen LogP contribution >= 0.6 is 0 Å². The third-order valence-electron chi connectivity index (χ3n) is 5.80. The molecule has 0 amide bonds. The maximum absolute atomic E-state index is 5.53. The second-order valence-electron chi connectivity index (χ2n) is 7.73. The Labute approximate surface area is 162 Å². The first kappa shape index (κ1) is 19.6. The number of hydrogen-bond donors (Lipinski definition) is 0. The fraction of sp³-hybridized carbons (Fsp3) is 0.650. The Bertz CT molecular complexity index is 736. The van der Waals surface area contributed by atoms with Crippen molar-refractivity contribution in [2.75, 3.05) is 38.2 Å². The van der Waals surface area contributed by atoms with Crippen LogP contribution in [0.5, 0.6) is 5.75 Å². The van der Waals surface area contributed by atoms with E-state index < -0.39 is 0 Å². The summed E-state index contributed by atoms with van der Waals surface area (Å²) in [6.45, 7) is 12.7. The molecule has 27 heavy (non-hydrogen) atoms. The van der Waals surface area contributed by atoms with Crippen molar-refractivity contribution in [1.82, 2.24) is 25.1 Å². The van der Waals surface area contributed by atoms with Crippen molar-refractivity contribution in [3.05, 3.63) is 30.1 Å². The molecule has 7 nitrogen and oxygen atoms in total. The molecule has 0 N–H and O–H groups in total. The van der Waals surface area contributed by atoms with Gasteiger partial charge in [-0.2, -0.15) is 0 Å². The normalized spacial score (nSPS) is 17.1. The highest BCUT2D eigenvalue weighted by molar-refractivity contribution is 5.58. The van der Waals surface area contributed by atoms with Crippen LogP contribution in [0.1, 0.15) is 52.4 Å². The molecule has 1 fully saturated rings. The topological polar surface area (TPSA) is 59.3 Å². The zero-order valence-corrected chi connectivity index (χ0v) is 17.2. The third kappa shape index (κ3) is 3.93. The van der Waals surface area contributed by atoms with E-state index in [1.807, 2.05) is 16.8 Å². The van der Waals surface area contributed by atoms with E-state index in [1.54, 1.807) is 7.11 Å². The summed E-state index contributed by atoms with van der Waals surface area (Å²) in [5.41, 5.74) is 1.09. The van der Waals surface area contributed by atoms with Gasteiger partial charge in [0, 0.05) is 26.2 Å².